The van der Waals surface area contributed by atoms with E-state index in [0.29, 0.717) is 11.3 Å². The molecule has 0 spiro atoms. The van der Waals surface area contributed by atoms with E-state index in [2.05, 4.69) is 20.4 Å². The highest BCUT2D eigenvalue weighted by Gasteiger charge is 2.12. The van der Waals surface area contributed by atoms with E-state index in [1.54, 1.807) is 18.5 Å². The molecule has 3 aromatic rings. The molecule has 0 aliphatic carbocycles. The van der Waals surface area contributed by atoms with Crippen molar-refractivity contribution in [2.75, 3.05) is 0 Å². The van der Waals surface area contributed by atoms with E-state index < -0.39 is 0 Å². The molecule has 20 heavy (non-hydrogen) atoms. The average Bonchev–Trinajstić information content (AvgIpc) is 2.49. The van der Waals surface area contributed by atoms with Crippen molar-refractivity contribution in [3.05, 3.63) is 64.7 Å². The van der Waals surface area contributed by atoms with Gasteiger partial charge < -0.3 is 4.98 Å². The second kappa shape index (κ2) is 5.05. The van der Waals surface area contributed by atoms with Crippen molar-refractivity contribution in [3.63, 3.8) is 0 Å². The molecule has 0 fully saturated rings. The minimum atomic E-state index is -0.112. The number of H-pyrrole nitrogens is 1. The van der Waals surface area contributed by atoms with Crippen molar-refractivity contribution in [2.45, 2.75) is 6.92 Å². The highest BCUT2D eigenvalue weighted by molar-refractivity contribution is 5.75. The van der Waals surface area contributed by atoms with Crippen LogP contribution in [0.3, 0.4) is 0 Å². The van der Waals surface area contributed by atoms with Gasteiger partial charge in [-0.15, -0.1) is 10.2 Å². The summed E-state index contributed by atoms with van der Waals surface area (Å²) in [5, 5.41) is 11.3. The Hall–Kier alpha value is -2.82. The number of hydrogen-bond acceptors (Lipinski definition) is 4. The fraction of sp³-hybridized carbons (Fsp3) is 0.0667. The zero-order chi connectivity index (χ0) is 13.9. The van der Waals surface area contributed by atoms with Gasteiger partial charge in [-0.3, -0.25) is 4.79 Å². The maximum atomic E-state index is 12.1. The van der Waals surface area contributed by atoms with Crippen LogP contribution in [0.25, 0.3) is 22.4 Å². The van der Waals surface area contributed by atoms with Gasteiger partial charge in [-0.25, -0.2) is 0 Å². The Morgan fingerprint density at radius 3 is 2.60 bits per heavy atom. The monoisotopic (exact) mass is 264 g/mol. The lowest BCUT2D eigenvalue weighted by Crippen LogP contribution is -2.11. The molecular weight excluding hydrogens is 252 g/mol. The Kier molecular flexibility index (Phi) is 3.09. The Bertz CT molecular complexity index is 782. The lowest BCUT2D eigenvalue weighted by molar-refractivity contribution is 0.869. The topological polar surface area (TPSA) is 71.5 Å². The molecule has 1 aromatic carbocycles. The van der Waals surface area contributed by atoms with Crippen LogP contribution in [-0.4, -0.2) is 20.4 Å². The first-order chi connectivity index (χ1) is 9.77. The lowest BCUT2D eigenvalue weighted by Gasteiger charge is -2.09. The van der Waals surface area contributed by atoms with Crippen molar-refractivity contribution >= 4 is 0 Å². The lowest BCUT2D eigenvalue weighted by atomic mass is 9.98. The summed E-state index contributed by atoms with van der Waals surface area (Å²) in [7, 11) is 0. The van der Waals surface area contributed by atoms with Gasteiger partial charge in [0.15, 0.2) is 0 Å². The second-order valence-electron chi connectivity index (χ2n) is 4.40. The van der Waals surface area contributed by atoms with Gasteiger partial charge in [-0.05, 0) is 29.3 Å². The van der Waals surface area contributed by atoms with Gasteiger partial charge in [0.2, 0.25) is 0 Å². The summed E-state index contributed by atoms with van der Waals surface area (Å²) in [4.78, 5) is 14.9. The quantitative estimate of drug-likeness (QED) is 0.770. The van der Waals surface area contributed by atoms with E-state index in [0.717, 1.165) is 16.7 Å². The Morgan fingerprint density at radius 1 is 1.10 bits per heavy atom. The summed E-state index contributed by atoms with van der Waals surface area (Å²) in [6, 6.07) is 11.3. The number of aromatic amines is 1. The third-order valence-electron chi connectivity index (χ3n) is 3.20. The molecule has 98 valence electrons. The van der Waals surface area contributed by atoms with Crippen LogP contribution in [0.4, 0.5) is 0 Å². The fourth-order valence-electron chi connectivity index (χ4n) is 2.23. The molecule has 0 saturated heterocycles. The van der Waals surface area contributed by atoms with Crippen molar-refractivity contribution in [2.24, 2.45) is 0 Å². The molecule has 0 amide bonds. The van der Waals surface area contributed by atoms with Crippen LogP contribution >= 0.6 is 0 Å². The molecular formula is C15H12N4O. The number of rotatable bonds is 2. The van der Waals surface area contributed by atoms with Crippen LogP contribution in [0.2, 0.25) is 0 Å². The minimum absolute atomic E-state index is 0.112. The van der Waals surface area contributed by atoms with Crippen LogP contribution in [0.5, 0.6) is 0 Å². The molecule has 0 atom stereocenters. The first-order valence-electron chi connectivity index (χ1n) is 6.20. The van der Waals surface area contributed by atoms with Crippen molar-refractivity contribution in [1.29, 1.82) is 0 Å². The van der Waals surface area contributed by atoms with Gasteiger partial charge in [0.05, 0.1) is 17.5 Å². The summed E-state index contributed by atoms with van der Waals surface area (Å²) < 4.78 is 0. The van der Waals surface area contributed by atoms with E-state index in [1.807, 2.05) is 37.3 Å². The maximum absolute atomic E-state index is 12.1. The van der Waals surface area contributed by atoms with Crippen molar-refractivity contribution in [3.8, 4) is 22.4 Å². The van der Waals surface area contributed by atoms with Crippen LogP contribution in [0.1, 0.15) is 5.56 Å². The summed E-state index contributed by atoms with van der Waals surface area (Å²) >= 11 is 0. The fourth-order valence-corrected chi connectivity index (χ4v) is 2.23. The van der Waals surface area contributed by atoms with Gasteiger partial charge in [0, 0.05) is 11.8 Å². The van der Waals surface area contributed by atoms with E-state index in [9.17, 15) is 4.79 Å². The molecule has 2 heterocycles. The van der Waals surface area contributed by atoms with Gasteiger partial charge in [-0.2, -0.15) is 0 Å². The van der Waals surface area contributed by atoms with Crippen LogP contribution < -0.4 is 5.56 Å². The second-order valence-corrected chi connectivity index (χ2v) is 4.40. The van der Waals surface area contributed by atoms with Crippen LogP contribution in [-0.2, 0) is 0 Å². The SMILES string of the molecule is Cc1c(-c2ccnnn2)c[nH]c(=O)c1-c1ccccc1. The molecule has 0 radical (unpaired) electrons. The molecule has 0 unspecified atom stereocenters. The largest absolute Gasteiger partial charge is 0.328 e. The van der Waals surface area contributed by atoms with Gasteiger partial charge >= 0.3 is 0 Å². The summed E-state index contributed by atoms with van der Waals surface area (Å²) in [6.07, 6.45) is 3.24. The van der Waals surface area contributed by atoms with Crippen molar-refractivity contribution < 1.29 is 0 Å². The van der Waals surface area contributed by atoms with Crippen LogP contribution in [0.15, 0.2) is 53.6 Å². The number of benzene rings is 1. The predicted molar refractivity (Wildman–Crippen MR) is 76.1 cm³/mol. The number of hydrogen-bond donors (Lipinski definition) is 1. The number of nitrogens with zero attached hydrogens (tertiary/aromatic N) is 3. The summed E-state index contributed by atoms with van der Waals surface area (Å²) in [5.74, 6) is 0. The zero-order valence-electron chi connectivity index (χ0n) is 10.9. The Labute approximate surface area is 115 Å². The highest BCUT2D eigenvalue weighted by atomic mass is 16.1. The smallest absolute Gasteiger partial charge is 0.256 e. The van der Waals surface area contributed by atoms with E-state index >= 15 is 0 Å². The number of nitrogens with one attached hydrogen (secondary N) is 1. The van der Waals surface area contributed by atoms with Gasteiger partial charge in [0.1, 0.15) is 0 Å². The minimum Gasteiger partial charge on any atom is -0.328 e. The molecule has 2 aromatic heterocycles. The predicted octanol–water partition coefficient (Wildman–Crippen LogP) is 2.20. The van der Waals surface area contributed by atoms with Crippen molar-refractivity contribution in [1.82, 2.24) is 20.4 Å². The van der Waals surface area contributed by atoms with E-state index in [-0.39, 0.29) is 5.56 Å². The molecule has 0 saturated carbocycles. The zero-order valence-corrected chi connectivity index (χ0v) is 10.9. The Morgan fingerprint density at radius 2 is 1.90 bits per heavy atom. The third kappa shape index (κ3) is 2.09. The normalized spacial score (nSPS) is 10.4. The molecule has 5 heteroatoms. The molecule has 5 nitrogen and oxygen atoms in total. The standard InChI is InChI=1S/C15H12N4O/c1-10-12(13-7-8-17-19-18-13)9-16-15(20)14(10)11-5-3-2-4-6-11/h2-9H,1H3,(H,16,20). The third-order valence-corrected chi connectivity index (χ3v) is 3.20. The molecule has 0 aliphatic heterocycles. The first-order valence-corrected chi connectivity index (χ1v) is 6.20. The van der Waals surface area contributed by atoms with Gasteiger partial charge in [0.25, 0.3) is 5.56 Å². The highest BCUT2D eigenvalue weighted by Crippen LogP contribution is 2.26. The number of pyridine rings is 1. The van der Waals surface area contributed by atoms with E-state index in [1.165, 1.54) is 0 Å². The molecule has 0 aliphatic rings. The Balaban J connectivity index is 2.25. The maximum Gasteiger partial charge on any atom is 0.256 e. The number of aromatic nitrogens is 4. The molecule has 3 rings (SSSR count). The summed E-state index contributed by atoms with van der Waals surface area (Å²) in [5.41, 5.74) is 3.83. The van der Waals surface area contributed by atoms with Crippen LogP contribution in [0, 0.1) is 6.92 Å². The molecule has 1 N–H and O–H groups in total. The first kappa shape index (κ1) is 12.2. The van der Waals surface area contributed by atoms with Gasteiger partial charge in [-0.1, -0.05) is 30.3 Å². The summed E-state index contributed by atoms with van der Waals surface area (Å²) in [6.45, 7) is 1.91. The average molecular weight is 264 g/mol. The molecule has 0 bridgehead atoms. The van der Waals surface area contributed by atoms with E-state index in [4.69, 9.17) is 0 Å².